The molecule has 1 N–H and O–H groups in total. The lowest BCUT2D eigenvalue weighted by molar-refractivity contribution is 0.0822. The van der Waals surface area contributed by atoms with Crippen molar-refractivity contribution in [2.75, 3.05) is 6.61 Å². The highest BCUT2D eigenvalue weighted by molar-refractivity contribution is 6.06. The van der Waals surface area contributed by atoms with Crippen LogP contribution in [0.1, 0.15) is 35.4 Å². The van der Waals surface area contributed by atoms with E-state index in [2.05, 4.69) is 10.4 Å². The highest BCUT2D eigenvalue weighted by atomic mass is 16.5. The van der Waals surface area contributed by atoms with Crippen LogP contribution in [0.2, 0.25) is 0 Å². The van der Waals surface area contributed by atoms with Crippen LogP contribution in [-0.4, -0.2) is 28.3 Å². The van der Waals surface area contributed by atoms with Crippen LogP contribution in [-0.2, 0) is 11.3 Å². The molecule has 1 aromatic carbocycles. The monoisotopic (exact) mass is 325 g/mol. The van der Waals surface area contributed by atoms with E-state index in [9.17, 15) is 4.79 Å². The van der Waals surface area contributed by atoms with E-state index < -0.39 is 0 Å². The number of hydrogen-bond donors (Lipinski definition) is 1. The van der Waals surface area contributed by atoms with Crippen molar-refractivity contribution in [2.24, 2.45) is 0 Å². The molecule has 0 spiro atoms. The van der Waals surface area contributed by atoms with Crippen LogP contribution in [0, 0.1) is 0 Å². The van der Waals surface area contributed by atoms with Gasteiger partial charge in [0.1, 0.15) is 18.0 Å². The standard InChI is InChI=1S/C18H19N3O3/c1-2-21-10-12(9-19-21)17-15(7-8-23-17)20-18(22)14-11-24-16-6-4-3-5-13(14)16/h3-6,9-11,15,17H,2,7-8H2,1H3,(H,20,22)/t15-,17+/m0/s1. The fourth-order valence-electron chi connectivity index (χ4n) is 3.17. The number of nitrogens with zero attached hydrogens (tertiary/aromatic N) is 2. The zero-order valence-corrected chi connectivity index (χ0v) is 13.4. The summed E-state index contributed by atoms with van der Waals surface area (Å²) in [6, 6.07) is 7.46. The number of carbonyl (C=O) groups is 1. The van der Waals surface area contributed by atoms with Gasteiger partial charge >= 0.3 is 0 Å². The molecule has 1 saturated heterocycles. The molecule has 2 aromatic heterocycles. The molecule has 0 unspecified atom stereocenters. The Labute approximate surface area is 139 Å². The molecule has 4 rings (SSSR count). The van der Waals surface area contributed by atoms with Crippen molar-refractivity contribution in [2.45, 2.75) is 32.0 Å². The summed E-state index contributed by atoms with van der Waals surface area (Å²) in [6.45, 7) is 3.47. The first-order chi connectivity index (χ1) is 11.8. The van der Waals surface area contributed by atoms with Gasteiger partial charge in [0.2, 0.25) is 0 Å². The number of rotatable bonds is 4. The molecule has 0 radical (unpaired) electrons. The van der Waals surface area contributed by atoms with Crippen molar-refractivity contribution in [3.05, 3.63) is 54.0 Å². The van der Waals surface area contributed by atoms with E-state index in [1.54, 1.807) is 0 Å². The molecule has 3 aromatic rings. The summed E-state index contributed by atoms with van der Waals surface area (Å²) in [5, 5.41) is 8.20. The first-order valence-electron chi connectivity index (χ1n) is 8.17. The Morgan fingerprint density at radius 2 is 2.29 bits per heavy atom. The van der Waals surface area contributed by atoms with Crippen LogP contribution in [0.5, 0.6) is 0 Å². The number of amides is 1. The van der Waals surface area contributed by atoms with Gasteiger partial charge in [-0.1, -0.05) is 18.2 Å². The number of furan rings is 1. The molecule has 24 heavy (non-hydrogen) atoms. The maximum absolute atomic E-state index is 12.7. The van der Waals surface area contributed by atoms with Crippen LogP contribution in [0.15, 0.2) is 47.3 Å². The highest BCUT2D eigenvalue weighted by Gasteiger charge is 2.32. The van der Waals surface area contributed by atoms with Crippen molar-refractivity contribution < 1.29 is 13.9 Å². The molecule has 3 heterocycles. The van der Waals surface area contributed by atoms with E-state index in [1.807, 2.05) is 48.3 Å². The fraction of sp³-hybridized carbons (Fsp3) is 0.333. The Bertz CT molecular complexity index is 867. The maximum atomic E-state index is 12.7. The quantitative estimate of drug-likeness (QED) is 0.801. The van der Waals surface area contributed by atoms with E-state index in [-0.39, 0.29) is 18.1 Å². The summed E-state index contributed by atoms with van der Waals surface area (Å²) in [4.78, 5) is 12.7. The lowest BCUT2D eigenvalue weighted by Crippen LogP contribution is -2.36. The first-order valence-corrected chi connectivity index (χ1v) is 8.17. The van der Waals surface area contributed by atoms with Gasteiger partial charge in [0.05, 0.1) is 17.8 Å². The third-order valence-corrected chi connectivity index (χ3v) is 4.44. The van der Waals surface area contributed by atoms with Gasteiger partial charge in [0.15, 0.2) is 0 Å². The molecular formula is C18H19N3O3. The normalized spacial score (nSPS) is 20.5. The minimum absolute atomic E-state index is 0.0688. The third kappa shape index (κ3) is 2.59. The van der Waals surface area contributed by atoms with E-state index in [0.717, 1.165) is 23.9 Å². The van der Waals surface area contributed by atoms with Crippen molar-refractivity contribution in [3.63, 3.8) is 0 Å². The van der Waals surface area contributed by atoms with E-state index in [4.69, 9.17) is 9.15 Å². The Balaban J connectivity index is 1.54. The third-order valence-electron chi connectivity index (χ3n) is 4.44. The molecule has 6 nitrogen and oxygen atoms in total. The van der Waals surface area contributed by atoms with Gasteiger partial charge in [0, 0.05) is 30.3 Å². The maximum Gasteiger partial charge on any atom is 0.255 e. The van der Waals surface area contributed by atoms with Gasteiger partial charge < -0.3 is 14.5 Å². The van der Waals surface area contributed by atoms with Crippen LogP contribution in [0.4, 0.5) is 0 Å². The van der Waals surface area contributed by atoms with E-state index in [0.29, 0.717) is 17.8 Å². The molecule has 1 aliphatic rings. The predicted octanol–water partition coefficient (Wildman–Crippen LogP) is 2.91. The smallest absolute Gasteiger partial charge is 0.255 e. The number of hydrogen-bond acceptors (Lipinski definition) is 4. The summed E-state index contributed by atoms with van der Waals surface area (Å²) in [6.07, 6.45) is 5.92. The SMILES string of the molecule is CCn1cc([C@H]2OCC[C@@H]2NC(=O)c2coc3ccccc23)cn1. The number of nitrogens with one attached hydrogen (secondary N) is 1. The van der Waals surface area contributed by atoms with Crippen LogP contribution >= 0.6 is 0 Å². The summed E-state index contributed by atoms with van der Waals surface area (Å²) in [7, 11) is 0. The number of aromatic nitrogens is 2. The van der Waals surface area contributed by atoms with Gasteiger partial charge in [-0.25, -0.2) is 0 Å². The molecule has 6 heteroatoms. The van der Waals surface area contributed by atoms with Gasteiger partial charge in [-0.05, 0) is 19.4 Å². The molecule has 124 valence electrons. The number of para-hydroxylation sites is 1. The Morgan fingerprint density at radius 1 is 1.42 bits per heavy atom. The highest BCUT2D eigenvalue weighted by Crippen LogP contribution is 2.29. The summed E-state index contributed by atoms with van der Waals surface area (Å²) in [5.41, 5.74) is 2.27. The van der Waals surface area contributed by atoms with Crippen molar-refractivity contribution in [3.8, 4) is 0 Å². The predicted molar refractivity (Wildman–Crippen MR) is 88.7 cm³/mol. The number of benzene rings is 1. The molecule has 2 atom stereocenters. The fourth-order valence-corrected chi connectivity index (χ4v) is 3.17. The molecule has 0 saturated carbocycles. The number of carbonyl (C=O) groups excluding carboxylic acids is 1. The average Bonchev–Trinajstić information content (AvgIpc) is 3.33. The van der Waals surface area contributed by atoms with Gasteiger partial charge in [-0.15, -0.1) is 0 Å². The van der Waals surface area contributed by atoms with Gasteiger partial charge in [-0.3, -0.25) is 9.48 Å². The second-order valence-corrected chi connectivity index (χ2v) is 5.93. The van der Waals surface area contributed by atoms with E-state index in [1.165, 1.54) is 6.26 Å². The van der Waals surface area contributed by atoms with Crippen LogP contribution in [0.25, 0.3) is 11.0 Å². The topological polar surface area (TPSA) is 69.3 Å². The summed E-state index contributed by atoms with van der Waals surface area (Å²) in [5.74, 6) is -0.136. The molecule has 0 bridgehead atoms. The number of aryl methyl sites for hydroxylation is 1. The molecule has 1 fully saturated rings. The van der Waals surface area contributed by atoms with Gasteiger partial charge in [0.25, 0.3) is 5.91 Å². The lowest BCUT2D eigenvalue weighted by Gasteiger charge is -2.18. The zero-order valence-electron chi connectivity index (χ0n) is 13.4. The largest absolute Gasteiger partial charge is 0.463 e. The van der Waals surface area contributed by atoms with Crippen molar-refractivity contribution in [1.29, 1.82) is 0 Å². The van der Waals surface area contributed by atoms with Crippen LogP contribution in [0.3, 0.4) is 0 Å². The van der Waals surface area contributed by atoms with Crippen molar-refractivity contribution >= 4 is 16.9 Å². The Morgan fingerprint density at radius 3 is 3.12 bits per heavy atom. The first kappa shape index (κ1) is 15.0. The molecule has 0 aliphatic carbocycles. The molecular weight excluding hydrogens is 306 g/mol. The molecule has 1 amide bonds. The Hall–Kier alpha value is -2.60. The minimum atomic E-state index is -0.160. The van der Waals surface area contributed by atoms with Gasteiger partial charge in [-0.2, -0.15) is 5.10 Å². The summed E-state index contributed by atoms with van der Waals surface area (Å²) >= 11 is 0. The minimum Gasteiger partial charge on any atom is -0.463 e. The zero-order chi connectivity index (χ0) is 16.5. The second kappa shape index (κ2) is 6.13. The average molecular weight is 325 g/mol. The van der Waals surface area contributed by atoms with Crippen LogP contribution < -0.4 is 5.32 Å². The van der Waals surface area contributed by atoms with Crippen molar-refractivity contribution in [1.82, 2.24) is 15.1 Å². The molecule has 1 aliphatic heterocycles. The number of fused-ring (bicyclic) bond motifs is 1. The number of ether oxygens (including phenoxy) is 1. The van der Waals surface area contributed by atoms with E-state index >= 15 is 0 Å². The summed E-state index contributed by atoms with van der Waals surface area (Å²) < 4.78 is 13.1. The Kier molecular flexibility index (Phi) is 3.82. The lowest BCUT2D eigenvalue weighted by atomic mass is 10.0. The second-order valence-electron chi connectivity index (χ2n) is 5.93.